The molecule has 0 aromatic carbocycles. The van der Waals surface area contributed by atoms with Crippen LogP contribution in [0, 0.1) is 0 Å². The molecular weight excluding hydrogens is 260 g/mol. The largest absolute Gasteiger partial charge is 0.353 e. The zero-order valence-corrected chi connectivity index (χ0v) is 13.3. The lowest BCUT2D eigenvalue weighted by Gasteiger charge is -2.38. The van der Waals surface area contributed by atoms with Crippen molar-refractivity contribution in [1.82, 2.24) is 15.3 Å². The molecule has 1 saturated heterocycles. The second-order valence-corrected chi connectivity index (χ2v) is 6.42. The minimum Gasteiger partial charge on any atom is -0.353 e. The summed E-state index contributed by atoms with van der Waals surface area (Å²) in [4.78, 5) is 11.9. The van der Waals surface area contributed by atoms with Crippen LogP contribution in [-0.2, 0) is 12.8 Å². The number of hydrogen-bond donors (Lipinski definition) is 1. The highest BCUT2D eigenvalue weighted by Crippen LogP contribution is 2.31. The van der Waals surface area contributed by atoms with Crippen LogP contribution < -0.4 is 10.2 Å². The maximum absolute atomic E-state index is 4.71. The number of nitrogens with one attached hydrogen (secondary N) is 1. The van der Waals surface area contributed by atoms with E-state index in [1.165, 1.54) is 68.4 Å². The van der Waals surface area contributed by atoms with Crippen LogP contribution in [0.4, 0.5) is 5.82 Å². The molecule has 1 N–H and O–H groups in total. The average Bonchev–Trinajstić information content (AvgIpc) is 2.78. The Morgan fingerprint density at radius 2 is 2.05 bits per heavy atom. The summed E-state index contributed by atoms with van der Waals surface area (Å²) in [5.41, 5.74) is 2.77. The van der Waals surface area contributed by atoms with Gasteiger partial charge in [-0.2, -0.15) is 0 Å². The van der Waals surface area contributed by atoms with E-state index < -0.39 is 0 Å². The molecule has 0 amide bonds. The Kier molecular flexibility index (Phi) is 5.07. The van der Waals surface area contributed by atoms with Crippen molar-refractivity contribution < 1.29 is 0 Å². The van der Waals surface area contributed by atoms with Gasteiger partial charge in [0.1, 0.15) is 12.1 Å². The lowest BCUT2D eigenvalue weighted by atomic mass is 9.97. The summed E-state index contributed by atoms with van der Waals surface area (Å²) in [5.74, 6) is 1.25. The van der Waals surface area contributed by atoms with Crippen molar-refractivity contribution >= 4 is 5.82 Å². The summed E-state index contributed by atoms with van der Waals surface area (Å²) in [6.45, 7) is 2.26. The normalized spacial score (nSPS) is 22.7. The molecule has 1 atom stereocenters. The number of aromatic nitrogens is 2. The molecule has 0 spiro atoms. The Balaban J connectivity index is 1.86. The van der Waals surface area contributed by atoms with Crippen molar-refractivity contribution in [2.75, 3.05) is 25.0 Å². The van der Waals surface area contributed by atoms with Gasteiger partial charge in [-0.1, -0.05) is 6.42 Å². The van der Waals surface area contributed by atoms with Gasteiger partial charge in [0.25, 0.3) is 0 Å². The van der Waals surface area contributed by atoms with Gasteiger partial charge in [-0.3, -0.25) is 0 Å². The zero-order chi connectivity index (χ0) is 14.5. The Bertz CT molecular complexity index is 460. The number of hydrogen-bond acceptors (Lipinski definition) is 4. The third-order valence-corrected chi connectivity index (χ3v) is 4.98. The predicted octanol–water partition coefficient (Wildman–Crippen LogP) is 2.71. The van der Waals surface area contributed by atoms with Crippen LogP contribution in [0.25, 0.3) is 0 Å². The monoisotopic (exact) mass is 288 g/mol. The Labute approximate surface area is 128 Å². The van der Waals surface area contributed by atoms with Gasteiger partial charge >= 0.3 is 0 Å². The highest BCUT2D eigenvalue weighted by molar-refractivity contribution is 5.50. The molecule has 1 aliphatic heterocycles. The Hall–Kier alpha value is -1.16. The second kappa shape index (κ2) is 7.21. The van der Waals surface area contributed by atoms with Crippen LogP contribution >= 0.6 is 0 Å². The molecule has 0 saturated carbocycles. The van der Waals surface area contributed by atoms with Gasteiger partial charge in [0, 0.05) is 23.8 Å². The molecule has 3 rings (SSSR count). The molecule has 1 aliphatic carbocycles. The smallest absolute Gasteiger partial charge is 0.135 e. The zero-order valence-electron chi connectivity index (χ0n) is 13.3. The summed E-state index contributed by atoms with van der Waals surface area (Å²) >= 11 is 0. The maximum atomic E-state index is 4.71. The van der Waals surface area contributed by atoms with Crippen molar-refractivity contribution in [2.24, 2.45) is 0 Å². The van der Waals surface area contributed by atoms with Crippen LogP contribution in [0.15, 0.2) is 6.33 Å². The van der Waals surface area contributed by atoms with Crippen molar-refractivity contribution in [3.63, 3.8) is 0 Å². The van der Waals surface area contributed by atoms with Crippen molar-refractivity contribution in [3.8, 4) is 0 Å². The van der Waals surface area contributed by atoms with E-state index in [0.717, 1.165) is 19.5 Å². The van der Waals surface area contributed by atoms with Crippen LogP contribution in [0.5, 0.6) is 0 Å². The van der Waals surface area contributed by atoms with Crippen LogP contribution in [0.1, 0.15) is 56.2 Å². The van der Waals surface area contributed by atoms with Gasteiger partial charge in [-0.05, 0) is 65.0 Å². The lowest BCUT2D eigenvalue weighted by Crippen LogP contribution is -2.42. The van der Waals surface area contributed by atoms with E-state index in [2.05, 4.69) is 15.2 Å². The molecule has 4 heteroatoms. The van der Waals surface area contributed by atoms with Gasteiger partial charge in [-0.25, -0.2) is 9.97 Å². The van der Waals surface area contributed by atoms with Crippen LogP contribution in [0.3, 0.4) is 0 Å². The van der Waals surface area contributed by atoms with E-state index in [0.29, 0.717) is 6.04 Å². The minimum atomic E-state index is 0.647. The van der Waals surface area contributed by atoms with Gasteiger partial charge < -0.3 is 10.2 Å². The molecule has 0 radical (unpaired) electrons. The van der Waals surface area contributed by atoms with Crippen molar-refractivity contribution in [1.29, 1.82) is 0 Å². The molecular formula is C17H28N4. The molecule has 1 fully saturated rings. The summed E-state index contributed by atoms with van der Waals surface area (Å²) in [6, 6.07) is 0.647. The standard InChI is InChI=1S/C17H28N4/c1-18-11-10-14-7-5-6-12-21(14)17-15-8-3-2-4-9-16(15)19-13-20-17/h13-14,18H,2-12H2,1H3. The van der Waals surface area contributed by atoms with E-state index in [4.69, 9.17) is 4.98 Å². The van der Waals surface area contributed by atoms with Gasteiger partial charge in [0.2, 0.25) is 0 Å². The van der Waals surface area contributed by atoms with Crippen molar-refractivity contribution in [3.05, 3.63) is 17.6 Å². The van der Waals surface area contributed by atoms with Gasteiger partial charge in [0.05, 0.1) is 0 Å². The molecule has 21 heavy (non-hydrogen) atoms. The van der Waals surface area contributed by atoms with Gasteiger partial charge in [-0.15, -0.1) is 0 Å². The summed E-state index contributed by atoms with van der Waals surface area (Å²) in [7, 11) is 2.05. The molecule has 2 aliphatic rings. The molecule has 2 heterocycles. The number of aryl methyl sites for hydroxylation is 1. The fourth-order valence-corrected chi connectivity index (χ4v) is 3.82. The number of anilines is 1. The number of fused-ring (bicyclic) bond motifs is 1. The Morgan fingerprint density at radius 1 is 1.14 bits per heavy atom. The number of rotatable bonds is 4. The lowest BCUT2D eigenvalue weighted by molar-refractivity contribution is 0.429. The fraction of sp³-hybridized carbons (Fsp3) is 0.765. The molecule has 1 unspecified atom stereocenters. The first-order valence-corrected chi connectivity index (χ1v) is 8.64. The topological polar surface area (TPSA) is 41.0 Å². The predicted molar refractivity (Wildman–Crippen MR) is 86.8 cm³/mol. The Morgan fingerprint density at radius 3 is 2.95 bits per heavy atom. The number of piperidine rings is 1. The SMILES string of the molecule is CNCCC1CCCCN1c1ncnc2c1CCCCC2. The fourth-order valence-electron chi connectivity index (χ4n) is 3.82. The second-order valence-electron chi connectivity index (χ2n) is 6.42. The maximum Gasteiger partial charge on any atom is 0.135 e. The first-order valence-electron chi connectivity index (χ1n) is 8.64. The van der Waals surface area contributed by atoms with Crippen molar-refractivity contribution in [2.45, 2.75) is 63.8 Å². The summed E-state index contributed by atoms with van der Waals surface area (Å²) in [6.07, 6.45) is 13.2. The van der Waals surface area contributed by atoms with Crippen LogP contribution in [-0.4, -0.2) is 36.1 Å². The van der Waals surface area contributed by atoms with E-state index >= 15 is 0 Å². The van der Waals surface area contributed by atoms with E-state index in [9.17, 15) is 0 Å². The summed E-state index contributed by atoms with van der Waals surface area (Å²) < 4.78 is 0. The molecule has 4 nitrogen and oxygen atoms in total. The third-order valence-electron chi connectivity index (χ3n) is 4.98. The van der Waals surface area contributed by atoms with Gasteiger partial charge in [0.15, 0.2) is 0 Å². The van der Waals surface area contributed by atoms with E-state index in [1.54, 1.807) is 6.33 Å². The molecule has 1 aromatic heterocycles. The highest BCUT2D eigenvalue weighted by Gasteiger charge is 2.26. The van der Waals surface area contributed by atoms with E-state index in [1.807, 2.05) is 7.05 Å². The quantitative estimate of drug-likeness (QED) is 0.865. The molecule has 116 valence electrons. The minimum absolute atomic E-state index is 0.647. The molecule has 0 bridgehead atoms. The first kappa shape index (κ1) is 14.8. The average molecular weight is 288 g/mol. The first-order chi connectivity index (χ1) is 10.4. The third kappa shape index (κ3) is 3.37. The summed E-state index contributed by atoms with van der Waals surface area (Å²) in [5, 5.41) is 3.30. The van der Waals surface area contributed by atoms with Crippen LogP contribution in [0.2, 0.25) is 0 Å². The van der Waals surface area contributed by atoms with E-state index in [-0.39, 0.29) is 0 Å². The molecule has 1 aromatic rings. The number of nitrogens with zero attached hydrogens (tertiary/aromatic N) is 3. The highest BCUT2D eigenvalue weighted by atomic mass is 15.2.